The second-order valence-electron chi connectivity index (χ2n) is 7.26. The van der Waals surface area contributed by atoms with Crippen LogP contribution in [0, 0.1) is 10.1 Å². The number of hydrogen-bond donors (Lipinski definition) is 5. The van der Waals surface area contributed by atoms with Crippen LogP contribution in [-0.2, 0) is 40.5 Å². The van der Waals surface area contributed by atoms with Gasteiger partial charge in [0, 0.05) is 130 Å². The second-order valence-corrected chi connectivity index (χ2v) is 12.8. The van der Waals surface area contributed by atoms with Gasteiger partial charge in [-0.15, -0.1) is 0 Å². The van der Waals surface area contributed by atoms with E-state index in [0.717, 1.165) is 6.07 Å². The molecule has 208 valence electrons. The molecule has 0 aliphatic rings. The van der Waals surface area contributed by atoms with Gasteiger partial charge in [-0.05, 0) is 35.7 Å². The van der Waals surface area contributed by atoms with Crippen LogP contribution in [0.1, 0.15) is 10.4 Å². The average Bonchev–Trinajstić information content (AvgIpc) is 2.75. The molecule has 0 spiro atoms. The van der Waals surface area contributed by atoms with Gasteiger partial charge in [0.25, 0.3) is 41.9 Å². The third-order valence-corrected chi connectivity index (χ3v) is 8.26. The van der Waals surface area contributed by atoms with Gasteiger partial charge in [0.15, 0.2) is 4.90 Å². The zero-order valence-corrected chi connectivity index (χ0v) is 33.2. The minimum atomic E-state index is -5.44. The molecule has 17 nitrogen and oxygen atoms in total. The summed E-state index contributed by atoms with van der Waals surface area (Å²) < 4.78 is 132. The number of nitro groups is 1. The van der Waals surface area contributed by atoms with Crippen molar-refractivity contribution >= 4 is 187 Å². The Bertz CT molecular complexity index is 2000. The van der Waals surface area contributed by atoms with Gasteiger partial charge in [0.1, 0.15) is 4.90 Å². The molecule has 0 unspecified atom stereocenters. The number of carbonyl (C=O) groups excluding carboxylic acids is 1. The summed E-state index contributed by atoms with van der Waals surface area (Å²) in [6.07, 6.45) is 0. The van der Waals surface area contributed by atoms with Gasteiger partial charge >= 0.3 is 10.1 Å². The predicted molar refractivity (Wildman–Crippen MR) is 147 cm³/mol. The van der Waals surface area contributed by atoms with Crippen molar-refractivity contribution < 1.29 is 61.6 Å². The molecule has 0 aromatic heterocycles. The van der Waals surface area contributed by atoms with E-state index in [0.29, 0.717) is 30.3 Å². The smallest absolute Gasteiger partial charge is 0.302 e. The van der Waals surface area contributed by atoms with Crippen LogP contribution in [0.2, 0.25) is 0 Å². The monoisotopic (exact) mass is 704 g/mol. The van der Waals surface area contributed by atoms with Crippen LogP contribution in [0.3, 0.4) is 0 Å². The summed E-state index contributed by atoms with van der Waals surface area (Å²) in [6, 6.07) is 3.87. The fraction of sp³-hybridized carbons (Fsp3) is 0. The molecule has 0 aliphatic heterocycles. The number of nitro benzene ring substituents is 1. The summed E-state index contributed by atoms with van der Waals surface area (Å²) >= 11 is 0. The van der Waals surface area contributed by atoms with Crippen LogP contribution < -0.4 is 5.32 Å². The third-order valence-electron chi connectivity index (χ3n) is 4.78. The maximum atomic E-state index is 13.0. The molecule has 25 heteroatoms. The van der Waals surface area contributed by atoms with Crippen LogP contribution in [-0.4, -0.2) is 181 Å². The quantitative estimate of drug-likeness (QED) is 0.0894. The SMILES string of the molecule is O=C(Nc1cc(S(=O)(=O)O)cc2cc(S(=O)(=O)O)cc(S(=O)(=O)O)c12)c1cccc([N+](=O)[O-])c1S(=O)(=O)O.[Na].[Na].[Na].[Na]. The van der Waals surface area contributed by atoms with Crippen molar-refractivity contribution in [2.24, 2.45) is 0 Å². The van der Waals surface area contributed by atoms with Crippen molar-refractivity contribution in [2.75, 3.05) is 5.32 Å². The maximum absolute atomic E-state index is 13.0. The summed E-state index contributed by atoms with van der Waals surface area (Å²) in [5.74, 6) is -1.60. The first-order valence-corrected chi connectivity index (χ1v) is 15.0. The van der Waals surface area contributed by atoms with Crippen LogP contribution in [0.15, 0.2) is 62.0 Å². The van der Waals surface area contributed by atoms with Gasteiger partial charge in [-0.3, -0.25) is 33.1 Å². The summed E-state index contributed by atoms with van der Waals surface area (Å²) in [4.78, 5) is 17.9. The Labute approximate surface area is 326 Å². The number of anilines is 1. The van der Waals surface area contributed by atoms with Crippen LogP contribution in [0.4, 0.5) is 11.4 Å². The first kappa shape index (κ1) is 44.6. The molecule has 0 aliphatic carbocycles. The predicted octanol–water partition coefficient (Wildman–Crippen LogP) is -0.536. The molecule has 0 atom stereocenters. The van der Waals surface area contributed by atoms with Crippen molar-refractivity contribution in [3.05, 3.63) is 58.1 Å². The normalized spacial score (nSPS) is 11.6. The first-order chi connectivity index (χ1) is 17.1. The van der Waals surface area contributed by atoms with E-state index in [2.05, 4.69) is 0 Å². The fourth-order valence-electron chi connectivity index (χ4n) is 3.33. The number of carbonyl (C=O) groups is 1. The molecule has 3 rings (SSSR count). The van der Waals surface area contributed by atoms with E-state index >= 15 is 0 Å². The van der Waals surface area contributed by atoms with Gasteiger partial charge in [-0.1, -0.05) is 6.07 Å². The van der Waals surface area contributed by atoms with Crippen molar-refractivity contribution in [1.29, 1.82) is 0 Å². The van der Waals surface area contributed by atoms with E-state index in [9.17, 15) is 66.8 Å². The third kappa shape index (κ3) is 10.2. The Morgan fingerprint density at radius 3 is 1.60 bits per heavy atom. The van der Waals surface area contributed by atoms with Gasteiger partial charge in [-0.25, -0.2) is 0 Å². The van der Waals surface area contributed by atoms with Crippen LogP contribution >= 0.6 is 0 Å². The van der Waals surface area contributed by atoms with E-state index in [1.807, 2.05) is 5.32 Å². The minimum absolute atomic E-state index is 0. The molecular formula is C17H12N2Na4O15S4. The Morgan fingerprint density at radius 1 is 0.714 bits per heavy atom. The number of hydrogen-bond acceptors (Lipinski definition) is 11. The van der Waals surface area contributed by atoms with Crippen molar-refractivity contribution in [3.63, 3.8) is 0 Å². The Kier molecular flexibility index (Phi) is 16.8. The molecule has 0 fully saturated rings. The van der Waals surface area contributed by atoms with Crippen molar-refractivity contribution in [1.82, 2.24) is 0 Å². The molecule has 3 aromatic carbocycles. The number of rotatable bonds is 7. The van der Waals surface area contributed by atoms with E-state index in [-0.39, 0.29) is 124 Å². The van der Waals surface area contributed by atoms with Gasteiger partial charge in [0.2, 0.25) is 0 Å². The Morgan fingerprint density at radius 2 is 1.19 bits per heavy atom. The van der Waals surface area contributed by atoms with Gasteiger partial charge < -0.3 is 5.32 Å². The van der Waals surface area contributed by atoms with Crippen molar-refractivity contribution in [3.8, 4) is 0 Å². The molecule has 5 N–H and O–H groups in total. The standard InChI is InChI=1S/C17H12N2O15S4.4Na/c20-17(11-2-1-3-13(19(21)22)16(11)38(32,33)34)18-12-6-9(35(23,24)25)4-8-5-10(36(26,27)28)7-14(15(8)12)37(29,30)31;;;;/h1-7H,(H,18,20)(H,23,24,25)(H,26,27,28)(H,29,30,31)(H,32,33,34);;;;. The molecule has 1 amide bonds. The fourth-order valence-corrected chi connectivity index (χ4v) is 6.10. The van der Waals surface area contributed by atoms with Crippen LogP contribution in [0.25, 0.3) is 10.8 Å². The summed E-state index contributed by atoms with van der Waals surface area (Å²) in [5, 5.41) is 11.6. The molecule has 0 bridgehead atoms. The maximum Gasteiger partial charge on any atom is 0.302 e. The molecule has 3 aromatic rings. The number of nitrogens with one attached hydrogen (secondary N) is 1. The number of amides is 1. The van der Waals surface area contributed by atoms with Crippen LogP contribution in [0.5, 0.6) is 0 Å². The van der Waals surface area contributed by atoms with Gasteiger partial charge in [0.05, 0.1) is 26.0 Å². The molecular weight excluding hydrogens is 692 g/mol. The first-order valence-electron chi connectivity index (χ1n) is 9.23. The molecule has 0 heterocycles. The Hall–Kier alpha value is 0.430. The van der Waals surface area contributed by atoms with E-state index < -0.39 is 98.6 Å². The van der Waals surface area contributed by atoms with E-state index in [1.54, 1.807) is 0 Å². The number of fused-ring (bicyclic) bond motifs is 1. The molecule has 0 saturated heterocycles. The zero-order valence-electron chi connectivity index (χ0n) is 21.9. The van der Waals surface area contributed by atoms with E-state index in [4.69, 9.17) is 0 Å². The number of nitrogens with zero attached hydrogens (tertiary/aromatic N) is 1. The summed E-state index contributed by atoms with van der Waals surface area (Å²) in [7, 11) is -21.2. The largest absolute Gasteiger partial charge is 0.321 e. The number of benzene rings is 3. The summed E-state index contributed by atoms with van der Waals surface area (Å²) in [5.41, 5.74) is -3.22. The molecule has 0 saturated carbocycles. The summed E-state index contributed by atoms with van der Waals surface area (Å²) in [6.45, 7) is 0. The average molecular weight is 705 g/mol. The molecule has 42 heavy (non-hydrogen) atoms. The topological polar surface area (TPSA) is 290 Å². The minimum Gasteiger partial charge on any atom is -0.321 e. The zero-order chi connectivity index (χ0) is 29.0. The Balaban J connectivity index is 0. The molecule has 4 radical (unpaired) electrons. The van der Waals surface area contributed by atoms with E-state index in [1.165, 1.54) is 0 Å². The van der Waals surface area contributed by atoms with Crippen molar-refractivity contribution in [2.45, 2.75) is 19.6 Å². The van der Waals surface area contributed by atoms with Gasteiger partial charge in [-0.2, -0.15) is 33.7 Å². The second kappa shape index (κ2) is 15.8.